The van der Waals surface area contributed by atoms with Crippen molar-refractivity contribution in [3.63, 3.8) is 0 Å². The molecule has 2 heterocycles. The zero-order valence-electron chi connectivity index (χ0n) is 31.0. The highest BCUT2D eigenvalue weighted by Crippen LogP contribution is 2.47. The van der Waals surface area contributed by atoms with E-state index >= 15 is 0 Å². The summed E-state index contributed by atoms with van der Waals surface area (Å²) in [6.07, 6.45) is 7.21. The summed E-state index contributed by atoms with van der Waals surface area (Å²) in [5, 5.41) is 12.6. The maximum atomic E-state index is 14.5. The molecule has 6 aromatic rings. The fourth-order valence-corrected chi connectivity index (χ4v) is 12.1. The molecule has 2 N–H and O–H groups in total. The first kappa shape index (κ1) is 36.6. The van der Waals surface area contributed by atoms with Gasteiger partial charge in [0.05, 0.1) is 5.69 Å². The zero-order chi connectivity index (χ0) is 37.9. The van der Waals surface area contributed by atoms with E-state index in [-0.39, 0.29) is 17.6 Å². The number of nitriles is 1. The van der Waals surface area contributed by atoms with Gasteiger partial charge in [-0.1, -0.05) is 81.4 Å². The van der Waals surface area contributed by atoms with Gasteiger partial charge in [0.2, 0.25) is 0 Å². The quantitative estimate of drug-likeness (QED) is 0.125. The normalized spacial score (nSPS) is 15.6. The number of hydrogen-bond donors (Lipinski definition) is 1. The smallest absolute Gasteiger partial charge is 0.261 e. The first-order valence-corrected chi connectivity index (χ1v) is 20.1. The third kappa shape index (κ3) is 7.51. The topological polar surface area (TPSA) is 108 Å². The van der Waals surface area contributed by atoms with Gasteiger partial charge in [-0.2, -0.15) is 5.26 Å². The van der Waals surface area contributed by atoms with Gasteiger partial charge in [-0.25, -0.2) is 14.4 Å². The largest absolute Gasteiger partial charge is 0.489 e. The molecule has 4 aromatic carbocycles. The summed E-state index contributed by atoms with van der Waals surface area (Å²) in [5.41, 5.74) is 10.1. The molecule has 0 unspecified atom stereocenters. The fraction of sp³-hybridized carbons (Fsp3) is 0.250. The van der Waals surface area contributed by atoms with Crippen molar-refractivity contribution >= 4 is 24.4 Å². The average Bonchev–Trinajstić information content (AvgIpc) is 3.47. The van der Waals surface area contributed by atoms with Gasteiger partial charge in [0.1, 0.15) is 47.3 Å². The van der Waals surface area contributed by atoms with E-state index in [4.69, 9.17) is 19.6 Å². The molecule has 0 spiro atoms. The second-order valence-electron chi connectivity index (χ2n) is 15.0. The van der Waals surface area contributed by atoms with Gasteiger partial charge in [-0.05, 0) is 76.8 Å². The minimum absolute atomic E-state index is 0.0878. The number of rotatable bonds is 12. The lowest BCUT2D eigenvalue weighted by Gasteiger charge is -2.45. The monoisotopic (exact) mass is 737 g/mol. The molecule has 1 aliphatic carbocycles. The van der Waals surface area contributed by atoms with E-state index in [1.165, 1.54) is 22.5 Å². The van der Waals surface area contributed by atoms with Gasteiger partial charge in [0.15, 0.2) is 0 Å². The van der Waals surface area contributed by atoms with Crippen LogP contribution in [0, 0.1) is 30.0 Å². The van der Waals surface area contributed by atoms with Crippen LogP contribution in [-0.2, 0) is 11.0 Å². The second-order valence-corrected chi connectivity index (χ2v) is 19.3. The molecule has 0 radical (unpaired) electrons. The number of nitrogens with two attached hydrogens (primary N) is 1. The predicted octanol–water partition coefficient (Wildman–Crippen LogP) is 8.61. The molecule has 54 heavy (non-hydrogen) atoms. The highest BCUT2D eigenvalue weighted by atomic mass is 28.4. The highest BCUT2D eigenvalue weighted by Gasteiger charge is 2.51. The van der Waals surface area contributed by atoms with Crippen molar-refractivity contribution < 1.29 is 18.3 Å². The molecule has 1 saturated carbocycles. The fourth-order valence-electron chi connectivity index (χ4n) is 7.46. The van der Waals surface area contributed by atoms with E-state index in [0.717, 1.165) is 29.7 Å². The van der Waals surface area contributed by atoms with E-state index in [9.17, 15) is 9.65 Å². The molecule has 1 fully saturated rings. The minimum atomic E-state index is -2.63. The zero-order valence-corrected chi connectivity index (χ0v) is 32.0. The van der Waals surface area contributed by atoms with Crippen LogP contribution < -0.4 is 25.6 Å². The SMILES string of the molecule is Cc1ncc(COc2cc(F)cc(Oc3ccc(-n4cc(C5CC(CO[Si](c6ccccc6)(c6ccccc6)C(C)(C)C)C5)c(N)c4C#N)cc3)c2)cn1. The van der Waals surface area contributed by atoms with Gasteiger partial charge in [-0.3, -0.25) is 0 Å². The Balaban J connectivity index is 1.03. The van der Waals surface area contributed by atoms with Crippen molar-refractivity contribution in [3.8, 4) is 29.0 Å². The van der Waals surface area contributed by atoms with Crippen molar-refractivity contribution in [2.75, 3.05) is 12.3 Å². The molecule has 1 aliphatic rings. The van der Waals surface area contributed by atoms with Crippen LogP contribution >= 0.6 is 0 Å². The number of halogens is 1. The summed E-state index contributed by atoms with van der Waals surface area (Å²) in [4.78, 5) is 8.33. The van der Waals surface area contributed by atoms with Crippen molar-refractivity contribution in [2.24, 2.45) is 5.92 Å². The summed E-state index contributed by atoms with van der Waals surface area (Å²) in [7, 11) is -2.63. The Labute approximate surface area is 317 Å². The number of anilines is 1. The predicted molar refractivity (Wildman–Crippen MR) is 212 cm³/mol. The lowest BCUT2D eigenvalue weighted by Crippen LogP contribution is -2.67. The summed E-state index contributed by atoms with van der Waals surface area (Å²) < 4.78 is 35.3. The molecule has 0 bridgehead atoms. The van der Waals surface area contributed by atoms with Gasteiger partial charge in [-0.15, -0.1) is 0 Å². The average molecular weight is 738 g/mol. The first-order valence-electron chi connectivity index (χ1n) is 18.2. The molecule has 0 aliphatic heterocycles. The van der Waals surface area contributed by atoms with Crippen LogP contribution in [0.5, 0.6) is 17.2 Å². The summed E-state index contributed by atoms with van der Waals surface area (Å²) in [6.45, 7) is 9.55. The standard InChI is InChI=1S/C44H44FN5O3Si/c1-30-48-25-32(26-49-30)28-51-37-21-34(45)22-38(23-37)53-36-17-15-35(16-18-36)50-27-41(43(47)42(50)24-46)33-19-31(20-33)29-52-54(44(2,3)4,39-11-7-5-8-12-39)40-13-9-6-10-14-40/h5-18,21-23,25-27,31,33H,19-20,28-29,47H2,1-4H3. The lowest BCUT2D eigenvalue weighted by atomic mass is 9.72. The Morgan fingerprint density at radius 1 is 0.870 bits per heavy atom. The van der Waals surface area contributed by atoms with E-state index in [2.05, 4.69) is 97.5 Å². The van der Waals surface area contributed by atoms with Crippen LogP contribution in [0.4, 0.5) is 10.1 Å². The number of benzene rings is 4. The number of nitrogens with zero attached hydrogens (tertiary/aromatic N) is 4. The van der Waals surface area contributed by atoms with Crippen molar-refractivity contribution in [1.29, 1.82) is 5.26 Å². The van der Waals surface area contributed by atoms with Gasteiger partial charge in [0, 0.05) is 54.6 Å². The Bertz CT molecular complexity index is 2200. The van der Waals surface area contributed by atoms with Crippen LogP contribution in [0.2, 0.25) is 5.04 Å². The third-order valence-corrected chi connectivity index (χ3v) is 15.2. The van der Waals surface area contributed by atoms with Gasteiger partial charge < -0.3 is 24.2 Å². The van der Waals surface area contributed by atoms with Crippen LogP contribution in [0.1, 0.15) is 62.2 Å². The molecule has 7 rings (SSSR count). The summed E-state index contributed by atoms with van der Waals surface area (Å²) in [5.74, 6) is 1.91. The minimum Gasteiger partial charge on any atom is -0.489 e. The molecule has 0 saturated heterocycles. The summed E-state index contributed by atoms with van der Waals surface area (Å²) >= 11 is 0. The molecular weight excluding hydrogens is 694 g/mol. The Morgan fingerprint density at radius 3 is 2.07 bits per heavy atom. The van der Waals surface area contributed by atoms with Gasteiger partial charge in [0.25, 0.3) is 8.32 Å². The second kappa shape index (κ2) is 15.3. The van der Waals surface area contributed by atoms with Crippen molar-refractivity contribution in [1.82, 2.24) is 14.5 Å². The molecule has 274 valence electrons. The number of ether oxygens (including phenoxy) is 2. The van der Waals surface area contributed by atoms with Crippen molar-refractivity contribution in [3.05, 3.63) is 150 Å². The maximum Gasteiger partial charge on any atom is 0.261 e. The molecule has 8 nitrogen and oxygen atoms in total. The molecule has 0 atom stereocenters. The molecular formula is C44H44FN5O3Si. The Hall–Kier alpha value is -5.76. The van der Waals surface area contributed by atoms with Crippen LogP contribution in [0.25, 0.3) is 5.69 Å². The summed E-state index contributed by atoms with van der Waals surface area (Å²) in [6, 6.07) is 35.2. The van der Waals surface area contributed by atoms with E-state index in [1.807, 2.05) is 22.9 Å². The maximum absolute atomic E-state index is 14.5. The Morgan fingerprint density at radius 2 is 1.48 bits per heavy atom. The molecule has 10 heteroatoms. The van der Waals surface area contributed by atoms with Crippen molar-refractivity contribution in [2.45, 2.75) is 58.1 Å². The van der Waals surface area contributed by atoms with E-state index in [0.29, 0.717) is 47.0 Å². The Kier molecular flexibility index (Phi) is 10.4. The van der Waals surface area contributed by atoms with Crippen LogP contribution in [-0.4, -0.2) is 29.5 Å². The molecule has 0 amide bonds. The first-order chi connectivity index (χ1) is 26.0. The van der Waals surface area contributed by atoms with E-state index < -0.39 is 14.1 Å². The molecule has 2 aromatic heterocycles. The number of nitrogen functional groups attached to an aromatic ring is 1. The highest BCUT2D eigenvalue weighted by molar-refractivity contribution is 6.99. The lowest BCUT2D eigenvalue weighted by molar-refractivity contribution is 0.151. The number of aromatic nitrogens is 3. The van der Waals surface area contributed by atoms with E-state index in [1.54, 1.807) is 37.5 Å². The number of hydrogen-bond acceptors (Lipinski definition) is 7. The van der Waals surface area contributed by atoms with Crippen LogP contribution in [0.15, 0.2) is 122 Å². The van der Waals surface area contributed by atoms with Gasteiger partial charge >= 0.3 is 0 Å². The third-order valence-electron chi connectivity index (χ3n) is 10.2. The van der Waals surface area contributed by atoms with Crippen LogP contribution in [0.3, 0.4) is 0 Å². The number of aryl methyl sites for hydroxylation is 1.